The lowest BCUT2D eigenvalue weighted by Gasteiger charge is -2.09. The van der Waals surface area contributed by atoms with Crippen LogP contribution in [0.25, 0.3) is 0 Å². The van der Waals surface area contributed by atoms with Gasteiger partial charge in [-0.3, -0.25) is 4.79 Å². The second-order valence-electron chi connectivity index (χ2n) is 2.99. The zero-order chi connectivity index (χ0) is 11.3. The number of hydrogen-bond donors (Lipinski definition) is 2. The molecule has 0 aliphatic rings. The summed E-state index contributed by atoms with van der Waals surface area (Å²) in [5.74, 6) is -0.603. The average Bonchev–Trinajstić information content (AvgIpc) is 2.26. The molecule has 0 fully saturated rings. The Labute approximate surface area is 96.2 Å². The molecule has 0 aliphatic carbocycles. The number of halogens is 1. The number of rotatable bonds is 4. The van der Waals surface area contributed by atoms with Gasteiger partial charge in [0.15, 0.2) is 0 Å². The summed E-state index contributed by atoms with van der Waals surface area (Å²) in [5.41, 5.74) is 6.14. The van der Waals surface area contributed by atoms with Gasteiger partial charge in [-0.1, -0.05) is 34.1 Å². The summed E-state index contributed by atoms with van der Waals surface area (Å²) in [6.07, 6.45) is 0. The van der Waals surface area contributed by atoms with E-state index in [9.17, 15) is 4.79 Å². The molecule has 0 heterocycles. The molecule has 82 valence electrons. The topological polar surface area (TPSA) is 72.5 Å². The van der Waals surface area contributed by atoms with Gasteiger partial charge in [0, 0.05) is 10.0 Å². The monoisotopic (exact) mass is 273 g/mol. The standard InChI is InChI=1S/C10H12BrNO3/c11-8-4-2-1-3-7(8)6-15-10(14)9(12)5-13/h1-4,9,13H,5-6,12H2/t9-/m0/s1. The van der Waals surface area contributed by atoms with Crippen molar-refractivity contribution >= 4 is 21.9 Å². The molecule has 1 rings (SSSR count). The second kappa shape index (κ2) is 5.85. The molecule has 0 aromatic heterocycles. The number of nitrogens with two attached hydrogens (primary N) is 1. The molecule has 0 unspecified atom stereocenters. The Morgan fingerprint density at radius 3 is 2.80 bits per heavy atom. The molecule has 0 saturated carbocycles. The molecule has 4 nitrogen and oxygen atoms in total. The predicted octanol–water partition coefficient (Wildman–Crippen LogP) is 0.812. The Morgan fingerprint density at radius 1 is 1.53 bits per heavy atom. The molecule has 0 saturated heterocycles. The normalized spacial score (nSPS) is 12.2. The molecule has 0 aliphatic heterocycles. The number of hydrogen-bond acceptors (Lipinski definition) is 4. The van der Waals surface area contributed by atoms with Crippen molar-refractivity contribution in [1.29, 1.82) is 0 Å². The lowest BCUT2D eigenvalue weighted by molar-refractivity contribution is -0.147. The van der Waals surface area contributed by atoms with Crippen molar-refractivity contribution in [2.45, 2.75) is 12.6 Å². The third kappa shape index (κ3) is 3.62. The maximum Gasteiger partial charge on any atom is 0.325 e. The Hall–Kier alpha value is -0.910. The molecule has 1 aromatic rings. The number of carbonyl (C=O) groups excluding carboxylic acids is 1. The van der Waals surface area contributed by atoms with Gasteiger partial charge in [-0.2, -0.15) is 0 Å². The fourth-order valence-electron chi connectivity index (χ4n) is 0.946. The van der Waals surface area contributed by atoms with E-state index < -0.39 is 18.6 Å². The highest BCUT2D eigenvalue weighted by molar-refractivity contribution is 9.10. The first-order valence-corrected chi connectivity index (χ1v) is 5.21. The largest absolute Gasteiger partial charge is 0.460 e. The Morgan fingerprint density at radius 2 is 2.20 bits per heavy atom. The van der Waals surface area contributed by atoms with Crippen molar-refractivity contribution in [3.63, 3.8) is 0 Å². The molecule has 0 spiro atoms. The minimum Gasteiger partial charge on any atom is -0.460 e. The first-order chi connectivity index (χ1) is 7.15. The van der Waals surface area contributed by atoms with Crippen LogP contribution in [0.3, 0.4) is 0 Å². The van der Waals surface area contributed by atoms with Crippen LogP contribution in [0.4, 0.5) is 0 Å². The molecule has 15 heavy (non-hydrogen) atoms. The molecular formula is C10H12BrNO3. The van der Waals surface area contributed by atoms with Crippen LogP contribution in [0.5, 0.6) is 0 Å². The second-order valence-corrected chi connectivity index (χ2v) is 3.84. The molecule has 0 bridgehead atoms. The highest BCUT2D eigenvalue weighted by Crippen LogP contribution is 2.16. The van der Waals surface area contributed by atoms with Crippen LogP contribution in [-0.4, -0.2) is 23.7 Å². The van der Waals surface area contributed by atoms with Gasteiger partial charge >= 0.3 is 5.97 Å². The maximum absolute atomic E-state index is 11.1. The summed E-state index contributed by atoms with van der Waals surface area (Å²) in [4.78, 5) is 11.1. The number of aliphatic hydroxyl groups excluding tert-OH is 1. The molecule has 3 N–H and O–H groups in total. The fraction of sp³-hybridized carbons (Fsp3) is 0.300. The number of ether oxygens (including phenoxy) is 1. The molecule has 0 amide bonds. The van der Waals surface area contributed by atoms with Crippen LogP contribution in [0.15, 0.2) is 28.7 Å². The van der Waals surface area contributed by atoms with Crippen molar-refractivity contribution in [3.8, 4) is 0 Å². The van der Waals surface area contributed by atoms with Gasteiger partial charge in [0.1, 0.15) is 12.6 Å². The van der Waals surface area contributed by atoms with E-state index in [1.54, 1.807) is 0 Å². The molecule has 1 atom stereocenters. The molecule has 0 radical (unpaired) electrons. The zero-order valence-corrected chi connectivity index (χ0v) is 9.61. The molecule has 1 aromatic carbocycles. The van der Waals surface area contributed by atoms with Crippen LogP contribution in [0.1, 0.15) is 5.56 Å². The van der Waals surface area contributed by atoms with E-state index in [0.29, 0.717) is 0 Å². The van der Waals surface area contributed by atoms with Crippen LogP contribution < -0.4 is 5.73 Å². The van der Waals surface area contributed by atoms with Crippen LogP contribution in [0.2, 0.25) is 0 Å². The third-order valence-corrected chi connectivity index (χ3v) is 2.60. The lowest BCUT2D eigenvalue weighted by Crippen LogP contribution is -2.35. The lowest BCUT2D eigenvalue weighted by atomic mass is 10.2. The highest BCUT2D eigenvalue weighted by Gasteiger charge is 2.13. The van der Waals surface area contributed by atoms with E-state index in [4.69, 9.17) is 15.6 Å². The zero-order valence-electron chi connectivity index (χ0n) is 8.02. The number of esters is 1. The summed E-state index contributed by atoms with van der Waals surface area (Å²) in [6, 6.07) is 6.44. The first-order valence-electron chi connectivity index (χ1n) is 4.41. The van der Waals surface area contributed by atoms with Gasteiger partial charge in [0.05, 0.1) is 6.61 Å². The number of carbonyl (C=O) groups is 1. The van der Waals surface area contributed by atoms with Gasteiger partial charge < -0.3 is 15.6 Å². The van der Waals surface area contributed by atoms with Crippen LogP contribution in [-0.2, 0) is 16.1 Å². The van der Waals surface area contributed by atoms with Gasteiger partial charge in [0.25, 0.3) is 0 Å². The van der Waals surface area contributed by atoms with E-state index in [1.165, 1.54) is 0 Å². The predicted molar refractivity (Wildman–Crippen MR) is 59.0 cm³/mol. The third-order valence-electron chi connectivity index (χ3n) is 1.83. The number of benzene rings is 1. The van der Waals surface area contributed by atoms with E-state index >= 15 is 0 Å². The summed E-state index contributed by atoms with van der Waals surface area (Å²) in [5, 5.41) is 8.62. The quantitative estimate of drug-likeness (QED) is 0.797. The van der Waals surface area contributed by atoms with E-state index in [1.807, 2.05) is 24.3 Å². The van der Waals surface area contributed by atoms with E-state index in [0.717, 1.165) is 10.0 Å². The first kappa shape index (κ1) is 12.2. The summed E-state index contributed by atoms with van der Waals surface area (Å²) in [6.45, 7) is -0.261. The van der Waals surface area contributed by atoms with Crippen molar-refractivity contribution in [3.05, 3.63) is 34.3 Å². The summed E-state index contributed by atoms with van der Waals surface area (Å²) < 4.78 is 5.78. The average molecular weight is 274 g/mol. The fourth-order valence-corrected chi connectivity index (χ4v) is 1.35. The Bertz CT molecular complexity index is 343. The van der Waals surface area contributed by atoms with Crippen molar-refractivity contribution in [2.24, 2.45) is 5.73 Å². The van der Waals surface area contributed by atoms with Crippen LogP contribution >= 0.6 is 15.9 Å². The van der Waals surface area contributed by atoms with Gasteiger partial charge in [-0.05, 0) is 6.07 Å². The summed E-state index contributed by atoms with van der Waals surface area (Å²) in [7, 11) is 0. The smallest absolute Gasteiger partial charge is 0.325 e. The van der Waals surface area contributed by atoms with E-state index in [2.05, 4.69) is 15.9 Å². The summed E-state index contributed by atoms with van der Waals surface area (Å²) >= 11 is 3.33. The Balaban J connectivity index is 2.51. The van der Waals surface area contributed by atoms with Gasteiger partial charge in [-0.25, -0.2) is 0 Å². The highest BCUT2D eigenvalue weighted by atomic mass is 79.9. The number of aliphatic hydroxyl groups is 1. The van der Waals surface area contributed by atoms with Gasteiger partial charge in [0.2, 0.25) is 0 Å². The van der Waals surface area contributed by atoms with Crippen LogP contribution in [0, 0.1) is 0 Å². The minimum absolute atomic E-state index is 0.147. The molecule has 5 heteroatoms. The Kier molecular flexibility index (Phi) is 4.74. The molecular weight excluding hydrogens is 262 g/mol. The van der Waals surface area contributed by atoms with E-state index in [-0.39, 0.29) is 6.61 Å². The maximum atomic E-state index is 11.1. The van der Waals surface area contributed by atoms with Gasteiger partial charge in [-0.15, -0.1) is 0 Å². The van der Waals surface area contributed by atoms with Crippen molar-refractivity contribution in [1.82, 2.24) is 0 Å². The SMILES string of the molecule is N[C@@H](CO)C(=O)OCc1ccccc1Br. The minimum atomic E-state index is -0.965. The van der Waals surface area contributed by atoms with Crippen molar-refractivity contribution in [2.75, 3.05) is 6.61 Å². The van der Waals surface area contributed by atoms with Crippen molar-refractivity contribution < 1.29 is 14.6 Å².